The number of hydrogen-bond donors (Lipinski definition) is 1. The van der Waals surface area contributed by atoms with Gasteiger partial charge in [0, 0.05) is 25.2 Å². The van der Waals surface area contributed by atoms with E-state index in [1.807, 2.05) is 34.5 Å². The average molecular weight is 328 g/mol. The van der Waals surface area contributed by atoms with Gasteiger partial charge in [-0.25, -0.2) is 0 Å². The Morgan fingerprint density at radius 1 is 1.17 bits per heavy atom. The predicted octanol–water partition coefficient (Wildman–Crippen LogP) is 3.24. The monoisotopic (exact) mass is 328 g/mol. The van der Waals surface area contributed by atoms with E-state index in [2.05, 4.69) is 11.4 Å². The van der Waals surface area contributed by atoms with E-state index in [-0.39, 0.29) is 11.8 Å². The van der Waals surface area contributed by atoms with E-state index in [0.717, 1.165) is 25.1 Å². The lowest BCUT2D eigenvalue weighted by Crippen LogP contribution is -2.35. The second kappa shape index (κ2) is 7.42. The van der Waals surface area contributed by atoms with Crippen molar-refractivity contribution in [2.24, 2.45) is 0 Å². The van der Waals surface area contributed by atoms with Crippen LogP contribution in [0.5, 0.6) is 0 Å². The molecule has 0 radical (unpaired) electrons. The van der Waals surface area contributed by atoms with Crippen molar-refractivity contribution in [1.29, 1.82) is 0 Å². The molecule has 4 nitrogen and oxygen atoms in total. The first-order valence-electron chi connectivity index (χ1n) is 7.95. The molecule has 1 aromatic carbocycles. The van der Waals surface area contributed by atoms with Crippen molar-refractivity contribution < 1.29 is 9.59 Å². The van der Waals surface area contributed by atoms with Crippen molar-refractivity contribution in [3.05, 3.63) is 52.2 Å². The van der Waals surface area contributed by atoms with Gasteiger partial charge in [0.2, 0.25) is 5.91 Å². The Bertz CT molecular complexity index is 682. The van der Waals surface area contributed by atoms with Gasteiger partial charge in [0.05, 0.1) is 4.88 Å². The molecule has 2 aromatic rings. The fraction of sp³-hybridized carbons (Fsp3) is 0.333. The van der Waals surface area contributed by atoms with Crippen LogP contribution in [0.25, 0.3) is 0 Å². The van der Waals surface area contributed by atoms with Crippen molar-refractivity contribution >= 4 is 28.8 Å². The van der Waals surface area contributed by atoms with Crippen LogP contribution in [-0.4, -0.2) is 24.9 Å². The number of carbonyl (C=O) groups excluding carboxylic acids is 2. The largest absolute Gasteiger partial charge is 0.351 e. The van der Waals surface area contributed by atoms with E-state index in [1.165, 1.54) is 16.9 Å². The summed E-state index contributed by atoms with van der Waals surface area (Å²) in [5.74, 6) is 0.0817. The zero-order valence-corrected chi connectivity index (χ0v) is 13.8. The topological polar surface area (TPSA) is 49.4 Å². The van der Waals surface area contributed by atoms with E-state index in [4.69, 9.17) is 0 Å². The molecular weight excluding hydrogens is 308 g/mol. The Balaban J connectivity index is 1.48. The minimum Gasteiger partial charge on any atom is -0.351 e. The summed E-state index contributed by atoms with van der Waals surface area (Å²) in [7, 11) is 0. The number of rotatable bonds is 5. The van der Waals surface area contributed by atoms with Crippen LogP contribution < -0.4 is 10.2 Å². The SMILES string of the molecule is O=C(NCCCC(=O)N1CCCc2ccccc21)c1cccs1. The Morgan fingerprint density at radius 2 is 2.04 bits per heavy atom. The molecule has 1 aliphatic rings. The van der Waals surface area contributed by atoms with Crippen molar-refractivity contribution in [3.63, 3.8) is 0 Å². The van der Waals surface area contributed by atoms with E-state index in [1.54, 1.807) is 6.07 Å². The molecule has 120 valence electrons. The zero-order chi connectivity index (χ0) is 16.1. The first kappa shape index (κ1) is 15.7. The van der Waals surface area contributed by atoms with Crippen molar-refractivity contribution in [3.8, 4) is 0 Å². The number of nitrogens with zero attached hydrogens (tertiary/aromatic N) is 1. The number of amides is 2. The normalized spacial score (nSPS) is 13.5. The van der Waals surface area contributed by atoms with Crippen molar-refractivity contribution in [2.75, 3.05) is 18.0 Å². The average Bonchev–Trinajstić information content (AvgIpc) is 3.12. The Kier molecular flexibility index (Phi) is 5.08. The molecule has 0 saturated heterocycles. The number of aryl methyl sites for hydroxylation is 1. The van der Waals surface area contributed by atoms with Crippen molar-refractivity contribution in [1.82, 2.24) is 5.32 Å². The van der Waals surface area contributed by atoms with Crippen LogP contribution in [-0.2, 0) is 11.2 Å². The summed E-state index contributed by atoms with van der Waals surface area (Å²) < 4.78 is 0. The zero-order valence-electron chi connectivity index (χ0n) is 13.0. The fourth-order valence-electron chi connectivity index (χ4n) is 2.86. The lowest BCUT2D eigenvalue weighted by Gasteiger charge is -2.29. The van der Waals surface area contributed by atoms with Crippen molar-refractivity contribution in [2.45, 2.75) is 25.7 Å². The summed E-state index contributed by atoms with van der Waals surface area (Å²) in [4.78, 5) is 26.9. The molecule has 0 unspecified atom stereocenters. The summed E-state index contributed by atoms with van der Waals surface area (Å²) in [6.07, 6.45) is 3.17. The van der Waals surface area contributed by atoms with Crippen LogP contribution in [0.1, 0.15) is 34.5 Å². The van der Waals surface area contributed by atoms with E-state index in [0.29, 0.717) is 24.3 Å². The molecule has 2 heterocycles. The molecule has 5 heteroatoms. The summed E-state index contributed by atoms with van der Waals surface area (Å²) in [5, 5.41) is 4.74. The maximum absolute atomic E-state index is 12.4. The molecule has 0 bridgehead atoms. The highest BCUT2D eigenvalue weighted by Gasteiger charge is 2.21. The molecule has 0 atom stereocenters. The lowest BCUT2D eigenvalue weighted by atomic mass is 10.0. The first-order valence-corrected chi connectivity index (χ1v) is 8.83. The third-order valence-electron chi connectivity index (χ3n) is 4.01. The smallest absolute Gasteiger partial charge is 0.261 e. The molecule has 23 heavy (non-hydrogen) atoms. The summed E-state index contributed by atoms with van der Waals surface area (Å²) in [6, 6.07) is 11.8. The number of hydrogen-bond acceptors (Lipinski definition) is 3. The number of thiophene rings is 1. The van der Waals surface area contributed by atoms with Crippen LogP contribution in [0.2, 0.25) is 0 Å². The van der Waals surface area contributed by atoms with Gasteiger partial charge in [-0.1, -0.05) is 24.3 Å². The summed E-state index contributed by atoms with van der Waals surface area (Å²) in [5.41, 5.74) is 2.30. The molecule has 2 amide bonds. The maximum Gasteiger partial charge on any atom is 0.261 e. The minimum absolute atomic E-state index is 0.0595. The van der Waals surface area contributed by atoms with E-state index < -0.39 is 0 Å². The molecular formula is C18H20N2O2S. The van der Waals surface area contributed by atoms with Gasteiger partial charge in [-0.15, -0.1) is 11.3 Å². The van der Waals surface area contributed by atoms with Crippen LogP contribution in [0.3, 0.4) is 0 Å². The van der Waals surface area contributed by atoms with Crippen LogP contribution in [0.15, 0.2) is 41.8 Å². The molecule has 3 rings (SSSR count). The molecule has 0 spiro atoms. The number of benzene rings is 1. The molecule has 0 aliphatic carbocycles. The highest BCUT2D eigenvalue weighted by atomic mass is 32.1. The van der Waals surface area contributed by atoms with Gasteiger partial charge in [-0.2, -0.15) is 0 Å². The highest BCUT2D eigenvalue weighted by Crippen LogP contribution is 2.27. The summed E-state index contributed by atoms with van der Waals surface area (Å²) >= 11 is 1.42. The molecule has 1 N–H and O–H groups in total. The Hall–Kier alpha value is -2.14. The molecule has 1 aromatic heterocycles. The molecule has 0 saturated carbocycles. The first-order chi connectivity index (χ1) is 11.3. The van der Waals surface area contributed by atoms with Gasteiger partial charge < -0.3 is 10.2 Å². The van der Waals surface area contributed by atoms with Crippen LogP contribution in [0, 0.1) is 0 Å². The second-order valence-electron chi connectivity index (χ2n) is 5.61. The van der Waals surface area contributed by atoms with Crippen LogP contribution >= 0.6 is 11.3 Å². The number of nitrogens with one attached hydrogen (secondary N) is 1. The number of fused-ring (bicyclic) bond motifs is 1. The van der Waals surface area contributed by atoms with Gasteiger partial charge in [0.1, 0.15) is 0 Å². The van der Waals surface area contributed by atoms with E-state index >= 15 is 0 Å². The van der Waals surface area contributed by atoms with Crippen LogP contribution in [0.4, 0.5) is 5.69 Å². The van der Waals surface area contributed by atoms with Gasteiger partial charge in [0.25, 0.3) is 5.91 Å². The quantitative estimate of drug-likeness (QED) is 0.857. The molecule has 1 aliphatic heterocycles. The number of para-hydroxylation sites is 1. The standard InChI is InChI=1S/C18H20N2O2S/c21-17(10-3-11-19-18(22)16-9-5-13-23-16)20-12-4-7-14-6-1-2-8-15(14)20/h1-2,5-6,8-9,13H,3-4,7,10-12H2,(H,19,22). The van der Waals surface area contributed by atoms with E-state index in [9.17, 15) is 9.59 Å². The maximum atomic E-state index is 12.4. The Labute approximate surface area is 140 Å². The third-order valence-corrected chi connectivity index (χ3v) is 4.88. The van der Waals surface area contributed by atoms with Gasteiger partial charge in [-0.05, 0) is 42.3 Å². The number of anilines is 1. The van der Waals surface area contributed by atoms with Gasteiger partial charge in [0.15, 0.2) is 0 Å². The second-order valence-corrected chi connectivity index (χ2v) is 6.56. The highest BCUT2D eigenvalue weighted by molar-refractivity contribution is 7.12. The number of carbonyl (C=O) groups is 2. The van der Waals surface area contributed by atoms with Gasteiger partial charge in [-0.3, -0.25) is 9.59 Å². The third kappa shape index (κ3) is 3.79. The summed E-state index contributed by atoms with van der Waals surface area (Å²) in [6.45, 7) is 1.31. The fourth-order valence-corrected chi connectivity index (χ4v) is 3.50. The predicted molar refractivity (Wildman–Crippen MR) is 93.0 cm³/mol. The Morgan fingerprint density at radius 3 is 2.87 bits per heavy atom. The van der Waals surface area contributed by atoms with Gasteiger partial charge >= 0.3 is 0 Å². The minimum atomic E-state index is -0.0595. The lowest BCUT2D eigenvalue weighted by molar-refractivity contribution is -0.118. The molecule has 0 fully saturated rings.